The molecule has 1 aliphatic carbocycles. The maximum atomic E-state index is 12.4. The Bertz CT molecular complexity index is 758. The van der Waals surface area contributed by atoms with Crippen LogP contribution in [-0.2, 0) is 24.3 Å². The number of nitrogens with zero attached hydrogens (tertiary/aromatic N) is 3. The van der Waals surface area contributed by atoms with Crippen LogP contribution in [0.15, 0.2) is 36.4 Å². The van der Waals surface area contributed by atoms with Crippen molar-refractivity contribution in [3.05, 3.63) is 53.3 Å². The number of hydrogen-bond acceptors (Lipinski definition) is 4. The second-order valence-electron chi connectivity index (χ2n) is 7.26. The fourth-order valence-electron chi connectivity index (χ4n) is 3.29. The Labute approximate surface area is 158 Å². The molecule has 0 spiro atoms. The first-order valence-electron chi connectivity index (χ1n) is 9.33. The number of aromatic nitrogens is 2. The van der Waals surface area contributed by atoms with Crippen LogP contribution >= 0.6 is 11.8 Å². The molecule has 2 heterocycles. The molecule has 1 fully saturated rings. The molecule has 1 atom stereocenters. The topological polar surface area (TPSA) is 58.4 Å². The van der Waals surface area contributed by atoms with E-state index in [9.17, 15) is 9.90 Å². The molecule has 0 radical (unpaired) electrons. The fourth-order valence-corrected chi connectivity index (χ4v) is 4.44. The maximum Gasteiger partial charge on any atom is 0.232 e. The molecule has 0 unspecified atom stereocenters. The summed E-state index contributed by atoms with van der Waals surface area (Å²) in [5.74, 6) is 2.76. The molecule has 6 heteroatoms. The van der Waals surface area contributed by atoms with Gasteiger partial charge >= 0.3 is 0 Å². The Morgan fingerprint density at radius 3 is 2.85 bits per heavy atom. The van der Waals surface area contributed by atoms with Crippen LogP contribution in [0.2, 0.25) is 0 Å². The first-order chi connectivity index (χ1) is 12.7. The highest BCUT2D eigenvalue weighted by Gasteiger charge is 2.25. The van der Waals surface area contributed by atoms with E-state index in [0.29, 0.717) is 37.5 Å². The third kappa shape index (κ3) is 4.30. The van der Waals surface area contributed by atoms with Crippen LogP contribution in [0.25, 0.3) is 0 Å². The number of fused-ring (bicyclic) bond motifs is 1. The molecule has 1 aliphatic heterocycles. The van der Waals surface area contributed by atoms with Gasteiger partial charge in [0.1, 0.15) is 6.10 Å². The van der Waals surface area contributed by atoms with Crippen LogP contribution < -0.4 is 0 Å². The van der Waals surface area contributed by atoms with Gasteiger partial charge in [0.05, 0.1) is 30.2 Å². The maximum absolute atomic E-state index is 12.4. The Morgan fingerprint density at radius 1 is 1.27 bits per heavy atom. The molecule has 2 aromatic rings. The second-order valence-corrected chi connectivity index (χ2v) is 8.29. The highest BCUT2D eigenvalue weighted by Crippen LogP contribution is 2.32. The molecule has 1 aromatic carbocycles. The highest BCUT2D eigenvalue weighted by molar-refractivity contribution is 7.99. The summed E-state index contributed by atoms with van der Waals surface area (Å²) in [5.41, 5.74) is 2.80. The molecule has 26 heavy (non-hydrogen) atoms. The minimum absolute atomic E-state index is 0.217. The van der Waals surface area contributed by atoms with E-state index in [1.165, 1.54) is 12.8 Å². The number of rotatable bonds is 7. The average Bonchev–Trinajstić information content (AvgIpc) is 3.37. The summed E-state index contributed by atoms with van der Waals surface area (Å²) in [6, 6.07) is 11.9. The molecule has 0 saturated heterocycles. The number of amides is 1. The number of aliphatic hydroxyl groups is 1. The van der Waals surface area contributed by atoms with E-state index in [0.717, 1.165) is 22.9 Å². The molecular formula is C20H25N3O2S. The highest BCUT2D eigenvalue weighted by atomic mass is 32.2. The van der Waals surface area contributed by atoms with Crippen molar-refractivity contribution in [3.8, 4) is 0 Å². The smallest absolute Gasteiger partial charge is 0.232 e. The van der Waals surface area contributed by atoms with E-state index in [2.05, 4.69) is 5.10 Å². The predicted octanol–water partition coefficient (Wildman–Crippen LogP) is 2.64. The largest absolute Gasteiger partial charge is 0.386 e. The van der Waals surface area contributed by atoms with Gasteiger partial charge in [0.25, 0.3) is 0 Å². The van der Waals surface area contributed by atoms with Crippen molar-refractivity contribution >= 4 is 17.7 Å². The van der Waals surface area contributed by atoms with Crippen LogP contribution in [0, 0.1) is 5.92 Å². The number of thioether (sulfide) groups is 1. The molecule has 1 N–H and O–H groups in total. The summed E-state index contributed by atoms with van der Waals surface area (Å²) in [5, 5.41) is 15.1. The quantitative estimate of drug-likeness (QED) is 0.813. The first kappa shape index (κ1) is 17.6. The average molecular weight is 372 g/mol. The van der Waals surface area contributed by atoms with E-state index in [1.54, 1.807) is 11.8 Å². The molecule has 4 rings (SSSR count). The van der Waals surface area contributed by atoms with Crippen LogP contribution in [0.5, 0.6) is 0 Å². The van der Waals surface area contributed by atoms with Crippen molar-refractivity contribution in [3.63, 3.8) is 0 Å². The third-order valence-corrected chi connectivity index (χ3v) is 6.22. The lowest BCUT2D eigenvalue weighted by molar-refractivity contribution is -0.129. The molecule has 1 saturated carbocycles. The molecule has 138 valence electrons. The zero-order chi connectivity index (χ0) is 17.9. The minimum Gasteiger partial charge on any atom is -0.386 e. The van der Waals surface area contributed by atoms with Crippen molar-refractivity contribution < 1.29 is 9.90 Å². The van der Waals surface area contributed by atoms with E-state index in [1.807, 2.05) is 46.0 Å². The lowest BCUT2D eigenvalue weighted by Gasteiger charge is -2.27. The zero-order valence-corrected chi connectivity index (χ0v) is 15.7. The minimum atomic E-state index is -0.617. The van der Waals surface area contributed by atoms with Gasteiger partial charge in [0, 0.05) is 13.0 Å². The van der Waals surface area contributed by atoms with Crippen molar-refractivity contribution in [2.24, 2.45) is 5.92 Å². The van der Waals surface area contributed by atoms with Gasteiger partial charge in [-0.05, 0) is 36.1 Å². The molecule has 1 aromatic heterocycles. The van der Waals surface area contributed by atoms with Gasteiger partial charge in [-0.1, -0.05) is 30.3 Å². The summed E-state index contributed by atoms with van der Waals surface area (Å²) in [4.78, 5) is 14.3. The third-order valence-electron chi connectivity index (χ3n) is 5.06. The number of aliphatic hydroxyl groups excluding tert-OH is 1. The van der Waals surface area contributed by atoms with Crippen LogP contribution in [-0.4, -0.2) is 43.7 Å². The Morgan fingerprint density at radius 2 is 2.08 bits per heavy atom. The summed E-state index contributed by atoms with van der Waals surface area (Å²) in [6.07, 6.45) is 2.60. The molecule has 2 aliphatic rings. The van der Waals surface area contributed by atoms with Crippen LogP contribution in [0.3, 0.4) is 0 Å². The molecule has 5 nitrogen and oxygen atoms in total. The van der Waals surface area contributed by atoms with Gasteiger partial charge in [-0.3, -0.25) is 9.48 Å². The molecule has 1 amide bonds. The van der Waals surface area contributed by atoms with Gasteiger partial charge in [-0.25, -0.2) is 0 Å². The van der Waals surface area contributed by atoms with Gasteiger partial charge < -0.3 is 10.0 Å². The molecular weight excluding hydrogens is 346 g/mol. The fraction of sp³-hybridized carbons (Fsp3) is 0.500. The van der Waals surface area contributed by atoms with Crippen LogP contribution in [0.4, 0.5) is 0 Å². The van der Waals surface area contributed by atoms with Crippen molar-refractivity contribution in [2.75, 3.05) is 18.1 Å². The molecule has 0 bridgehead atoms. The van der Waals surface area contributed by atoms with Gasteiger partial charge in [0.15, 0.2) is 0 Å². The van der Waals surface area contributed by atoms with Gasteiger partial charge in [-0.2, -0.15) is 16.9 Å². The monoisotopic (exact) mass is 371 g/mol. The number of carbonyl (C=O) groups excluding carboxylic acids is 1. The van der Waals surface area contributed by atoms with E-state index < -0.39 is 6.10 Å². The lowest BCUT2D eigenvalue weighted by atomic mass is 10.1. The SMILES string of the molecule is O=C(CSCC1CC1)N1CCn2nc([C@@H](O)Cc3ccccc3)cc2C1. The van der Waals surface area contributed by atoms with Gasteiger partial charge in [-0.15, -0.1) is 0 Å². The Kier molecular flexibility index (Phi) is 5.31. The summed E-state index contributed by atoms with van der Waals surface area (Å²) >= 11 is 1.76. The predicted molar refractivity (Wildman–Crippen MR) is 103 cm³/mol. The van der Waals surface area contributed by atoms with Crippen LogP contribution in [0.1, 0.15) is 35.9 Å². The van der Waals surface area contributed by atoms with Crippen molar-refractivity contribution in [1.29, 1.82) is 0 Å². The number of carbonyl (C=O) groups is 1. The van der Waals surface area contributed by atoms with Crippen molar-refractivity contribution in [2.45, 2.75) is 38.5 Å². The Hall–Kier alpha value is -1.79. The van der Waals surface area contributed by atoms with E-state index >= 15 is 0 Å². The number of benzene rings is 1. The first-order valence-corrected chi connectivity index (χ1v) is 10.5. The number of hydrogen-bond donors (Lipinski definition) is 1. The lowest BCUT2D eigenvalue weighted by Crippen LogP contribution is -2.39. The summed E-state index contributed by atoms with van der Waals surface area (Å²) in [7, 11) is 0. The van der Waals surface area contributed by atoms with Gasteiger partial charge in [0.2, 0.25) is 5.91 Å². The van der Waals surface area contributed by atoms with E-state index in [4.69, 9.17) is 0 Å². The van der Waals surface area contributed by atoms with Crippen molar-refractivity contribution in [1.82, 2.24) is 14.7 Å². The normalized spacial score (nSPS) is 17.8. The van der Waals surface area contributed by atoms with E-state index in [-0.39, 0.29) is 5.91 Å². The standard InChI is InChI=1S/C20H25N3O2S/c24-19(10-15-4-2-1-3-5-15)18-11-17-12-22(8-9-23(17)21-18)20(25)14-26-13-16-6-7-16/h1-5,11,16,19,24H,6-10,12-14H2/t19-/m0/s1. The summed E-state index contributed by atoms with van der Waals surface area (Å²) < 4.78 is 1.94. The second kappa shape index (κ2) is 7.84. The zero-order valence-electron chi connectivity index (χ0n) is 14.9. The summed E-state index contributed by atoms with van der Waals surface area (Å²) in [6.45, 7) is 1.99. The Balaban J connectivity index is 1.34.